The fourth-order valence-corrected chi connectivity index (χ4v) is 2.64. The Morgan fingerprint density at radius 2 is 2.18 bits per heavy atom. The summed E-state index contributed by atoms with van der Waals surface area (Å²) in [6.07, 6.45) is 2.18. The standard InChI is InChI=1S/C14H20ClNO/c1-3-17-9-10(2)16-14-7-11-4-5-13(15)6-12(11)8-14/h4-6,10,14,16H,3,7-9H2,1-2H3. The van der Waals surface area contributed by atoms with Crippen LogP contribution in [-0.4, -0.2) is 25.3 Å². The second kappa shape index (κ2) is 5.85. The molecule has 0 radical (unpaired) electrons. The normalized spacial score (nSPS) is 20.3. The topological polar surface area (TPSA) is 21.3 Å². The second-order valence-corrected chi connectivity index (χ2v) is 5.18. The van der Waals surface area contributed by atoms with Crippen LogP contribution in [0.3, 0.4) is 0 Å². The average Bonchev–Trinajstić information content (AvgIpc) is 2.67. The van der Waals surface area contributed by atoms with Gasteiger partial charge in [0.1, 0.15) is 0 Å². The fraction of sp³-hybridized carbons (Fsp3) is 0.571. The first-order chi connectivity index (χ1) is 8.19. The Morgan fingerprint density at radius 3 is 2.94 bits per heavy atom. The quantitative estimate of drug-likeness (QED) is 0.871. The van der Waals surface area contributed by atoms with Crippen LogP contribution in [0.5, 0.6) is 0 Å². The van der Waals surface area contributed by atoms with Gasteiger partial charge in [0, 0.05) is 23.7 Å². The van der Waals surface area contributed by atoms with E-state index in [1.807, 2.05) is 13.0 Å². The average molecular weight is 254 g/mol. The molecule has 0 heterocycles. The molecule has 3 heteroatoms. The maximum Gasteiger partial charge on any atom is 0.0616 e. The molecule has 0 saturated heterocycles. The van der Waals surface area contributed by atoms with Crippen LogP contribution in [0.4, 0.5) is 0 Å². The lowest BCUT2D eigenvalue weighted by Crippen LogP contribution is -2.39. The molecule has 1 aromatic carbocycles. The Balaban J connectivity index is 1.87. The zero-order chi connectivity index (χ0) is 12.3. The van der Waals surface area contributed by atoms with Crippen molar-refractivity contribution in [2.75, 3.05) is 13.2 Å². The van der Waals surface area contributed by atoms with E-state index < -0.39 is 0 Å². The molecule has 0 aliphatic heterocycles. The van der Waals surface area contributed by atoms with Gasteiger partial charge in [-0.1, -0.05) is 17.7 Å². The SMILES string of the molecule is CCOCC(C)NC1Cc2ccc(Cl)cc2C1. The van der Waals surface area contributed by atoms with Crippen molar-refractivity contribution in [3.8, 4) is 0 Å². The van der Waals surface area contributed by atoms with Crippen LogP contribution in [0, 0.1) is 0 Å². The van der Waals surface area contributed by atoms with Gasteiger partial charge in [0.25, 0.3) is 0 Å². The molecule has 2 rings (SSSR count). The molecule has 1 aromatic rings. The third kappa shape index (κ3) is 3.44. The van der Waals surface area contributed by atoms with Crippen LogP contribution < -0.4 is 5.32 Å². The molecule has 94 valence electrons. The Kier molecular flexibility index (Phi) is 4.43. The van der Waals surface area contributed by atoms with Gasteiger partial charge in [-0.3, -0.25) is 0 Å². The maximum atomic E-state index is 6.00. The minimum Gasteiger partial charge on any atom is -0.380 e. The smallest absolute Gasteiger partial charge is 0.0616 e. The molecule has 2 atom stereocenters. The summed E-state index contributed by atoms with van der Waals surface area (Å²) < 4.78 is 5.42. The first-order valence-electron chi connectivity index (χ1n) is 6.30. The predicted molar refractivity (Wildman–Crippen MR) is 71.7 cm³/mol. The van der Waals surface area contributed by atoms with E-state index in [9.17, 15) is 0 Å². The summed E-state index contributed by atoms with van der Waals surface area (Å²) in [6.45, 7) is 5.77. The summed E-state index contributed by atoms with van der Waals surface area (Å²) >= 11 is 6.00. The highest BCUT2D eigenvalue weighted by molar-refractivity contribution is 6.30. The molecule has 2 unspecified atom stereocenters. The van der Waals surface area contributed by atoms with Gasteiger partial charge in [-0.05, 0) is 49.9 Å². The van der Waals surface area contributed by atoms with Gasteiger partial charge in [-0.25, -0.2) is 0 Å². The number of hydrogen-bond acceptors (Lipinski definition) is 2. The summed E-state index contributed by atoms with van der Waals surface area (Å²) in [6, 6.07) is 7.15. The maximum absolute atomic E-state index is 6.00. The first-order valence-corrected chi connectivity index (χ1v) is 6.68. The molecule has 0 bridgehead atoms. The van der Waals surface area contributed by atoms with E-state index in [0.29, 0.717) is 12.1 Å². The number of fused-ring (bicyclic) bond motifs is 1. The highest BCUT2D eigenvalue weighted by Gasteiger charge is 2.22. The molecule has 0 fully saturated rings. The lowest BCUT2D eigenvalue weighted by atomic mass is 10.1. The minimum atomic E-state index is 0.407. The zero-order valence-corrected chi connectivity index (χ0v) is 11.3. The third-order valence-corrected chi connectivity index (χ3v) is 3.43. The van der Waals surface area contributed by atoms with Gasteiger partial charge in [0.05, 0.1) is 6.61 Å². The van der Waals surface area contributed by atoms with E-state index >= 15 is 0 Å². The Bertz CT molecular complexity index is 380. The van der Waals surface area contributed by atoms with E-state index in [2.05, 4.69) is 24.4 Å². The largest absolute Gasteiger partial charge is 0.380 e. The number of nitrogens with one attached hydrogen (secondary N) is 1. The van der Waals surface area contributed by atoms with Gasteiger partial charge in [-0.15, -0.1) is 0 Å². The monoisotopic (exact) mass is 253 g/mol. The van der Waals surface area contributed by atoms with Crippen LogP contribution in [-0.2, 0) is 17.6 Å². The molecule has 1 aliphatic carbocycles. The number of benzene rings is 1. The minimum absolute atomic E-state index is 0.407. The van der Waals surface area contributed by atoms with Crippen LogP contribution in [0.25, 0.3) is 0 Å². The molecule has 1 N–H and O–H groups in total. The van der Waals surface area contributed by atoms with Gasteiger partial charge in [0.2, 0.25) is 0 Å². The summed E-state index contributed by atoms with van der Waals surface area (Å²) in [4.78, 5) is 0. The van der Waals surface area contributed by atoms with Crippen LogP contribution >= 0.6 is 11.6 Å². The van der Waals surface area contributed by atoms with Crippen LogP contribution in [0.1, 0.15) is 25.0 Å². The molecule has 0 saturated carbocycles. The Hall–Kier alpha value is -0.570. The number of rotatable bonds is 5. The molecule has 0 aromatic heterocycles. The summed E-state index contributed by atoms with van der Waals surface area (Å²) in [5.74, 6) is 0. The molecule has 2 nitrogen and oxygen atoms in total. The summed E-state index contributed by atoms with van der Waals surface area (Å²) in [5.41, 5.74) is 2.81. The number of ether oxygens (including phenoxy) is 1. The summed E-state index contributed by atoms with van der Waals surface area (Å²) in [7, 11) is 0. The highest BCUT2D eigenvalue weighted by atomic mass is 35.5. The fourth-order valence-electron chi connectivity index (χ4n) is 2.45. The first kappa shape index (κ1) is 12.9. The summed E-state index contributed by atoms with van der Waals surface area (Å²) in [5, 5.41) is 4.45. The van der Waals surface area contributed by atoms with Gasteiger partial charge in [-0.2, -0.15) is 0 Å². The highest BCUT2D eigenvalue weighted by Crippen LogP contribution is 2.25. The third-order valence-electron chi connectivity index (χ3n) is 3.19. The van der Waals surface area contributed by atoms with E-state index in [1.54, 1.807) is 0 Å². The van der Waals surface area contributed by atoms with E-state index in [1.165, 1.54) is 11.1 Å². The molecular formula is C14H20ClNO. The number of hydrogen-bond donors (Lipinski definition) is 1. The zero-order valence-electron chi connectivity index (χ0n) is 10.5. The van der Waals surface area contributed by atoms with Gasteiger partial charge in [0.15, 0.2) is 0 Å². The van der Waals surface area contributed by atoms with Crippen molar-refractivity contribution < 1.29 is 4.74 Å². The van der Waals surface area contributed by atoms with Crippen molar-refractivity contribution in [2.45, 2.75) is 38.8 Å². The van der Waals surface area contributed by atoms with Crippen molar-refractivity contribution in [3.63, 3.8) is 0 Å². The molecule has 17 heavy (non-hydrogen) atoms. The van der Waals surface area contributed by atoms with E-state index in [4.69, 9.17) is 16.3 Å². The van der Waals surface area contributed by atoms with E-state index in [-0.39, 0.29) is 0 Å². The van der Waals surface area contributed by atoms with Gasteiger partial charge >= 0.3 is 0 Å². The predicted octanol–water partition coefficient (Wildman–Crippen LogP) is 2.82. The van der Waals surface area contributed by atoms with Crippen LogP contribution in [0.2, 0.25) is 5.02 Å². The van der Waals surface area contributed by atoms with E-state index in [0.717, 1.165) is 31.1 Å². The molecule has 0 spiro atoms. The second-order valence-electron chi connectivity index (χ2n) is 4.75. The van der Waals surface area contributed by atoms with Crippen molar-refractivity contribution in [1.82, 2.24) is 5.32 Å². The Morgan fingerprint density at radius 1 is 1.41 bits per heavy atom. The molecular weight excluding hydrogens is 234 g/mol. The molecule has 0 amide bonds. The van der Waals surface area contributed by atoms with Gasteiger partial charge < -0.3 is 10.1 Å². The molecule has 1 aliphatic rings. The Labute approximate surface area is 108 Å². The van der Waals surface area contributed by atoms with Crippen molar-refractivity contribution in [2.24, 2.45) is 0 Å². The number of halogens is 1. The van der Waals surface area contributed by atoms with Crippen molar-refractivity contribution in [3.05, 3.63) is 34.3 Å². The lowest BCUT2D eigenvalue weighted by Gasteiger charge is -2.18. The van der Waals surface area contributed by atoms with Crippen molar-refractivity contribution >= 4 is 11.6 Å². The van der Waals surface area contributed by atoms with Crippen molar-refractivity contribution in [1.29, 1.82) is 0 Å². The van der Waals surface area contributed by atoms with Crippen LogP contribution in [0.15, 0.2) is 18.2 Å². The lowest BCUT2D eigenvalue weighted by molar-refractivity contribution is 0.124.